The summed E-state index contributed by atoms with van der Waals surface area (Å²) in [6, 6.07) is 2.16. The first-order valence-corrected chi connectivity index (χ1v) is 10.6. The topological polar surface area (TPSA) is 75.1 Å². The van der Waals surface area contributed by atoms with Crippen LogP contribution in [0.3, 0.4) is 0 Å². The molecule has 142 valence electrons. The second-order valence-electron chi connectivity index (χ2n) is 7.53. The molecule has 0 unspecified atom stereocenters. The lowest BCUT2D eigenvalue weighted by atomic mass is 9.95. The van der Waals surface area contributed by atoms with Gasteiger partial charge in [-0.2, -0.15) is 0 Å². The highest BCUT2D eigenvalue weighted by molar-refractivity contribution is 7.12. The van der Waals surface area contributed by atoms with Crippen molar-refractivity contribution in [3.05, 3.63) is 51.6 Å². The average Bonchev–Trinajstić information content (AvgIpc) is 3.31. The quantitative estimate of drug-likeness (QED) is 0.579. The van der Waals surface area contributed by atoms with E-state index < -0.39 is 0 Å². The van der Waals surface area contributed by atoms with E-state index in [9.17, 15) is 9.90 Å². The van der Waals surface area contributed by atoms with E-state index in [-0.39, 0.29) is 17.9 Å². The summed E-state index contributed by atoms with van der Waals surface area (Å²) < 4.78 is 0. The van der Waals surface area contributed by atoms with Crippen molar-refractivity contribution in [1.29, 1.82) is 0 Å². The molecule has 2 aliphatic carbocycles. The molecule has 2 aromatic heterocycles. The molecule has 2 aliphatic rings. The predicted octanol–water partition coefficient (Wildman–Crippen LogP) is 4.14. The van der Waals surface area contributed by atoms with Gasteiger partial charge in [0.1, 0.15) is 12.1 Å². The molecule has 0 amide bonds. The number of nitrogens with one attached hydrogen (secondary N) is 1. The van der Waals surface area contributed by atoms with Crippen LogP contribution in [0.15, 0.2) is 35.6 Å². The minimum atomic E-state index is -0.266. The first kappa shape index (κ1) is 18.3. The summed E-state index contributed by atoms with van der Waals surface area (Å²) >= 11 is 1.49. The van der Waals surface area contributed by atoms with Gasteiger partial charge in [0.05, 0.1) is 16.5 Å². The zero-order valence-corrected chi connectivity index (χ0v) is 16.2. The number of anilines is 1. The van der Waals surface area contributed by atoms with Crippen molar-refractivity contribution in [2.45, 2.75) is 63.5 Å². The fourth-order valence-corrected chi connectivity index (χ4v) is 4.81. The molecule has 1 fully saturated rings. The maximum absolute atomic E-state index is 13.0. The third-order valence-corrected chi connectivity index (χ3v) is 6.37. The fraction of sp³-hybridized carbons (Fsp3) is 0.476. The number of rotatable bonds is 6. The number of allylic oxidation sites excluding steroid dienone is 2. The summed E-state index contributed by atoms with van der Waals surface area (Å²) in [6.45, 7) is 0. The Morgan fingerprint density at radius 2 is 2.26 bits per heavy atom. The third kappa shape index (κ3) is 4.45. The summed E-state index contributed by atoms with van der Waals surface area (Å²) in [5, 5.41) is 15.1. The molecule has 0 spiro atoms. The maximum atomic E-state index is 13.0. The molecule has 5 nitrogen and oxygen atoms in total. The number of thiophene rings is 1. The monoisotopic (exact) mass is 383 g/mol. The average molecular weight is 384 g/mol. The molecule has 2 aromatic rings. The number of hydrogen-bond acceptors (Lipinski definition) is 6. The summed E-state index contributed by atoms with van der Waals surface area (Å²) in [5.74, 6) is 0.532. The number of aromatic nitrogens is 2. The predicted molar refractivity (Wildman–Crippen MR) is 107 cm³/mol. The number of ketones is 1. The summed E-state index contributed by atoms with van der Waals surface area (Å²) in [4.78, 5) is 22.1. The third-order valence-electron chi connectivity index (χ3n) is 5.40. The van der Waals surface area contributed by atoms with E-state index in [0.29, 0.717) is 17.8 Å². The van der Waals surface area contributed by atoms with Gasteiger partial charge in [0.25, 0.3) is 0 Å². The van der Waals surface area contributed by atoms with E-state index in [2.05, 4.69) is 26.7 Å². The summed E-state index contributed by atoms with van der Waals surface area (Å²) in [5.41, 5.74) is 3.20. The molecule has 4 rings (SSSR count). The standard InChI is InChI=1S/C21H25N3O2S/c25-17-7-6-16(10-17)24-21-18(11-22-13-23-21)20(26)19-9-15(12-27-19)8-14-4-2-1-3-5-14/h4,9,11-13,16-17,25H,1-3,5-8,10H2,(H,22,23,24)/t16-,17+/m1/s1. The van der Waals surface area contributed by atoms with Crippen LogP contribution in [0.5, 0.6) is 0 Å². The van der Waals surface area contributed by atoms with Crippen LogP contribution in [0, 0.1) is 0 Å². The second kappa shape index (κ2) is 8.31. The molecular formula is C21H25N3O2S. The van der Waals surface area contributed by atoms with Gasteiger partial charge in [-0.25, -0.2) is 9.97 Å². The molecule has 0 aliphatic heterocycles. The summed E-state index contributed by atoms with van der Waals surface area (Å²) in [6.07, 6.45) is 13.4. The van der Waals surface area contributed by atoms with Crippen molar-refractivity contribution in [3.8, 4) is 0 Å². The minimum absolute atomic E-state index is 0.0366. The van der Waals surface area contributed by atoms with Crippen molar-refractivity contribution in [3.63, 3.8) is 0 Å². The highest BCUT2D eigenvalue weighted by Gasteiger charge is 2.25. The lowest BCUT2D eigenvalue weighted by molar-refractivity contribution is 0.104. The zero-order chi connectivity index (χ0) is 18.6. The maximum Gasteiger partial charge on any atom is 0.208 e. The Morgan fingerprint density at radius 3 is 3.04 bits per heavy atom. The van der Waals surface area contributed by atoms with Crippen LogP contribution in [-0.2, 0) is 6.42 Å². The first-order chi connectivity index (χ1) is 13.2. The minimum Gasteiger partial charge on any atom is -0.393 e. The SMILES string of the molecule is O=C(c1cc(CC2=CCCCC2)cs1)c1cncnc1N[C@@H]1CC[C@H](O)C1. The van der Waals surface area contributed by atoms with Gasteiger partial charge in [0.2, 0.25) is 5.78 Å². The van der Waals surface area contributed by atoms with Crippen molar-refractivity contribution in [2.24, 2.45) is 0 Å². The van der Waals surface area contributed by atoms with Crippen LogP contribution in [0.1, 0.15) is 65.7 Å². The smallest absolute Gasteiger partial charge is 0.208 e. The Morgan fingerprint density at radius 1 is 1.33 bits per heavy atom. The van der Waals surface area contributed by atoms with Gasteiger partial charge in [-0.1, -0.05) is 11.6 Å². The van der Waals surface area contributed by atoms with E-state index in [0.717, 1.165) is 24.1 Å². The molecule has 0 aromatic carbocycles. The normalized spacial score (nSPS) is 22.5. The number of carbonyl (C=O) groups excluding carboxylic acids is 1. The molecule has 27 heavy (non-hydrogen) atoms. The second-order valence-corrected chi connectivity index (χ2v) is 8.44. The van der Waals surface area contributed by atoms with Crippen molar-refractivity contribution in [2.75, 3.05) is 5.32 Å². The van der Waals surface area contributed by atoms with Gasteiger partial charge in [-0.05, 0) is 68.4 Å². The van der Waals surface area contributed by atoms with E-state index in [1.807, 2.05) is 6.07 Å². The van der Waals surface area contributed by atoms with Crippen LogP contribution in [-0.4, -0.2) is 33.0 Å². The Bertz CT molecular complexity index is 845. The molecule has 2 atom stereocenters. The molecule has 0 bridgehead atoms. The van der Waals surface area contributed by atoms with Crippen LogP contribution in [0.2, 0.25) is 0 Å². The van der Waals surface area contributed by atoms with Crippen LogP contribution < -0.4 is 5.32 Å². The zero-order valence-electron chi connectivity index (χ0n) is 15.4. The fourth-order valence-electron chi connectivity index (χ4n) is 3.94. The van der Waals surface area contributed by atoms with Gasteiger partial charge < -0.3 is 10.4 Å². The largest absolute Gasteiger partial charge is 0.393 e. The van der Waals surface area contributed by atoms with Gasteiger partial charge in [0, 0.05) is 12.2 Å². The number of aliphatic hydroxyl groups excluding tert-OH is 1. The molecule has 1 saturated carbocycles. The van der Waals surface area contributed by atoms with Gasteiger partial charge in [-0.15, -0.1) is 11.3 Å². The van der Waals surface area contributed by atoms with E-state index in [4.69, 9.17) is 0 Å². The van der Waals surface area contributed by atoms with Crippen LogP contribution in [0.25, 0.3) is 0 Å². The highest BCUT2D eigenvalue weighted by Crippen LogP contribution is 2.28. The van der Waals surface area contributed by atoms with Crippen molar-refractivity contribution in [1.82, 2.24) is 9.97 Å². The van der Waals surface area contributed by atoms with Gasteiger partial charge in [0.15, 0.2) is 0 Å². The van der Waals surface area contributed by atoms with Crippen molar-refractivity contribution >= 4 is 22.9 Å². The van der Waals surface area contributed by atoms with E-state index in [1.165, 1.54) is 54.5 Å². The molecule has 0 radical (unpaired) electrons. The molecule has 2 heterocycles. The Hall–Kier alpha value is -2.05. The number of carbonyl (C=O) groups is 1. The Balaban J connectivity index is 1.49. The summed E-state index contributed by atoms with van der Waals surface area (Å²) in [7, 11) is 0. The lowest BCUT2D eigenvalue weighted by Gasteiger charge is -2.14. The molecule has 6 heteroatoms. The lowest BCUT2D eigenvalue weighted by Crippen LogP contribution is -2.20. The highest BCUT2D eigenvalue weighted by atomic mass is 32.1. The van der Waals surface area contributed by atoms with Gasteiger partial charge >= 0.3 is 0 Å². The van der Waals surface area contributed by atoms with Crippen molar-refractivity contribution < 1.29 is 9.90 Å². The molecule has 0 saturated heterocycles. The Kier molecular flexibility index (Phi) is 5.64. The van der Waals surface area contributed by atoms with Gasteiger partial charge in [-0.3, -0.25) is 4.79 Å². The number of aliphatic hydroxyl groups is 1. The number of nitrogens with zero attached hydrogens (tertiary/aromatic N) is 2. The Labute approximate surface area is 163 Å². The van der Waals surface area contributed by atoms with Crippen LogP contribution in [0.4, 0.5) is 5.82 Å². The van der Waals surface area contributed by atoms with E-state index in [1.54, 1.807) is 6.20 Å². The number of hydrogen-bond donors (Lipinski definition) is 2. The molecule has 2 N–H and O–H groups in total. The van der Waals surface area contributed by atoms with Crippen LogP contribution >= 0.6 is 11.3 Å². The van der Waals surface area contributed by atoms with E-state index >= 15 is 0 Å². The molecular weight excluding hydrogens is 358 g/mol. The first-order valence-electron chi connectivity index (χ1n) is 9.73.